The van der Waals surface area contributed by atoms with Gasteiger partial charge in [-0.1, -0.05) is 52.0 Å². The number of anilines is 2. The Morgan fingerprint density at radius 1 is 0.667 bits per heavy atom. The highest BCUT2D eigenvalue weighted by Crippen LogP contribution is 2.29. The summed E-state index contributed by atoms with van der Waals surface area (Å²) in [5, 5.41) is 3.63. The maximum absolute atomic E-state index is 3.63. The zero-order valence-corrected chi connectivity index (χ0v) is 14.1. The number of rotatable bonds is 4. The fourth-order valence-corrected chi connectivity index (χ4v) is 2.41. The van der Waals surface area contributed by atoms with Crippen LogP contribution in [0.25, 0.3) is 0 Å². The SMILES string of the molecule is Cc1ccc(C(C)C)cc1Nc1cc(C(C)C)ccc1C. The van der Waals surface area contributed by atoms with Gasteiger partial charge in [-0.05, 0) is 60.1 Å². The van der Waals surface area contributed by atoms with Crippen LogP contribution in [0.3, 0.4) is 0 Å². The molecule has 1 N–H and O–H groups in total. The Morgan fingerprint density at radius 3 is 1.38 bits per heavy atom. The molecule has 21 heavy (non-hydrogen) atoms. The largest absolute Gasteiger partial charge is 0.355 e. The van der Waals surface area contributed by atoms with Crippen LogP contribution in [-0.4, -0.2) is 0 Å². The van der Waals surface area contributed by atoms with Crippen molar-refractivity contribution in [1.29, 1.82) is 0 Å². The quantitative estimate of drug-likeness (QED) is 0.694. The standard InChI is InChI=1S/C20H27N/c1-13(2)17-9-7-15(5)19(11-17)21-20-12-18(14(3)4)10-8-16(20)6/h7-14,21H,1-6H3. The second-order valence-corrected chi connectivity index (χ2v) is 6.58. The van der Waals surface area contributed by atoms with Crippen LogP contribution in [0.2, 0.25) is 0 Å². The summed E-state index contributed by atoms with van der Waals surface area (Å²) in [6.45, 7) is 13.3. The maximum Gasteiger partial charge on any atom is 0.0416 e. The van der Waals surface area contributed by atoms with Crippen LogP contribution >= 0.6 is 0 Å². The molecule has 1 heteroatoms. The van der Waals surface area contributed by atoms with Crippen LogP contribution in [0.1, 0.15) is 61.8 Å². The molecule has 0 fully saturated rings. The average molecular weight is 281 g/mol. The van der Waals surface area contributed by atoms with E-state index in [0.717, 1.165) is 0 Å². The highest BCUT2D eigenvalue weighted by atomic mass is 14.9. The highest BCUT2D eigenvalue weighted by molar-refractivity contribution is 5.67. The molecule has 112 valence electrons. The van der Waals surface area contributed by atoms with Crippen LogP contribution in [0, 0.1) is 13.8 Å². The molecule has 0 saturated heterocycles. The van der Waals surface area contributed by atoms with E-state index in [1.807, 2.05) is 0 Å². The van der Waals surface area contributed by atoms with Crippen LogP contribution in [0.4, 0.5) is 11.4 Å². The van der Waals surface area contributed by atoms with E-state index in [-0.39, 0.29) is 0 Å². The van der Waals surface area contributed by atoms with Gasteiger partial charge in [-0.25, -0.2) is 0 Å². The summed E-state index contributed by atoms with van der Waals surface area (Å²) < 4.78 is 0. The van der Waals surface area contributed by atoms with Gasteiger partial charge in [0.1, 0.15) is 0 Å². The first-order chi connectivity index (χ1) is 9.88. The Kier molecular flexibility index (Phi) is 4.72. The zero-order chi connectivity index (χ0) is 15.6. The topological polar surface area (TPSA) is 12.0 Å². The summed E-state index contributed by atoms with van der Waals surface area (Å²) in [5.74, 6) is 1.10. The molecule has 0 aliphatic carbocycles. The van der Waals surface area contributed by atoms with Crippen molar-refractivity contribution in [1.82, 2.24) is 0 Å². The van der Waals surface area contributed by atoms with E-state index in [9.17, 15) is 0 Å². The maximum atomic E-state index is 3.63. The van der Waals surface area contributed by atoms with Crippen molar-refractivity contribution in [3.05, 3.63) is 58.7 Å². The number of hydrogen-bond acceptors (Lipinski definition) is 1. The fourth-order valence-electron chi connectivity index (χ4n) is 2.41. The van der Waals surface area contributed by atoms with Crippen molar-refractivity contribution in [3.63, 3.8) is 0 Å². The summed E-state index contributed by atoms with van der Waals surface area (Å²) in [6.07, 6.45) is 0. The van der Waals surface area contributed by atoms with Gasteiger partial charge < -0.3 is 5.32 Å². The lowest BCUT2D eigenvalue weighted by Crippen LogP contribution is -1.99. The first kappa shape index (κ1) is 15.6. The van der Waals surface area contributed by atoms with E-state index in [0.29, 0.717) is 11.8 Å². The number of nitrogens with one attached hydrogen (secondary N) is 1. The van der Waals surface area contributed by atoms with Gasteiger partial charge in [-0.3, -0.25) is 0 Å². The van der Waals surface area contributed by atoms with E-state index >= 15 is 0 Å². The van der Waals surface area contributed by atoms with Crippen molar-refractivity contribution >= 4 is 11.4 Å². The lowest BCUT2D eigenvalue weighted by molar-refractivity contribution is 0.865. The molecule has 2 aromatic carbocycles. The lowest BCUT2D eigenvalue weighted by atomic mass is 9.99. The monoisotopic (exact) mass is 281 g/mol. The molecule has 0 heterocycles. The van der Waals surface area contributed by atoms with Crippen molar-refractivity contribution in [2.24, 2.45) is 0 Å². The van der Waals surface area contributed by atoms with Gasteiger partial charge in [-0.2, -0.15) is 0 Å². The Bertz CT molecular complexity index is 568. The van der Waals surface area contributed by atoms with Crippen LogP contribution in [-0.2, 0) is 0 Å². The third-order valence-electron chi connectivity index (χ3n) is 4.13. The Labute approximate surface area is 129 Å². The Balaban J connectivity index is 2.37. The second-order valence-electron chi connectivity index (χ2n) is 6.58. The fraction of sp³-hybridized carbons (Fsp3) is 0.400. The van der Waals surface area contributed by atoms with Crippen molar-refractivity contribution in [2.75, 3.05) is 5.32 Å². The van der Waals surface area contributed by atoms with Crippen molar-refractivity contribution < 1.29 is 0 Å². The summed E-state index contributed by atoms with van der Waals surface area (Å²) >= 11 is 0. The first-order valence-corrected chi connectivity index (χ1v) is 7.86. The minimum absolute atomic E-state index is 0.550. The zero-order valence-electron chi connectivity index (χ0n) is 14.1. The molecule has 0 bridgehead atoms. The van der Waals surface area contributed by atoms with Gasteiger partial charge in [0, 0.05) is 11.4 Å². The lowest BCUT2D eigenvalue weighted by Gasteiger charge is -2.17. The number of benzene rings is 2. The Hall–Kier alpha value is -1.76. The third-order valence-corrected chi connectivity index (χ3v) is 4.13. The second kappa shape index (κ2) is 6.34. The van der Waals surface area contributed by atoms with E-state index in [1.54, 1.807) is 0 Å². The van der Waals surface area contributed by atoms with E-state index in [1.165, 1.54) is 33.6 Å². The number of aryl methyl sites for hydroxylation is 2. The molecule has 1 nitrogen and oxygen atoms in total. The molecule has 0 aliphatic heterocycles. The minimum atomic E-state index is 0.550. The molecular weight excluding hydrogens is 254 g/mol. The van der Waals surface area contributed by atoms with Gasteiger partial charge in [0.25, 0.3) is 0 Å². The Morgan fingerprint density at radius 2 is 1.05 bits per heavy atom. The molecule has 0 radical (unpaired) electrons. The summed E-state index contributed by atoms with van der Waals surface area (Å²) in [5.41, 5.74) is 7.75. The molecule has 0 aromatic heterocycles. The summed E-state index contributed by atoms with van der Waals surface area (Å²) in [6, 6.07) is 13.4. The summed E-state index contributed by atoms with van der Waals surface area (Å²) in [7, 11) is 0. The van der Waals surface area contributed by atoms with E-state index < -0.39 is 0 Å². The van der Waals surface area contributed by atoms with Gasteiger partial charge in [-0.15, -0.1) is 0 Å². The number of hydrogen-bond donors (Lipinski definition) is 1. The molecule has 0 unspecified atom stereocenters. The third kappa shape index (κ3) is 3.66. The van der Waals surface area contributed by atoms with E-state index in [2.05, 4.69) is 83.3 Å². The van der Waals surface area contributed by atoms with Crippen LogP contribution in [0.5, 0.6) is 0 Å². The van der Waals surface area contributed by atoms with Crippen molar-refractivity contribution in [3.8, 4) is 0 Å². The average Bonchev–Trinajstić information content (AvgIpc) is 2.43. The molecule has 2 rings (SSSR count). The first-order valence-electron chi connectivity index (χ1n) is 7.86. The molecule has 0 amide bonds. The van der Waals surface area contributed by atoms with Gasteiger partial charge in [0.15, 0.2) is 0 Å². The highest BCUT2D eigenvalue weighted by Gasteiger charge is 2.07. The molecule has 0 atom stereocenters. The van der Waals surface area contributed by atoms with Crippen LogP contribution < -0.4 is 5.32 Å². The minimum Gasteiger partial charge on any atom is -0.355 e. The predicted octanol–water partition coefficient (Wildman–Crippen LogP) is 6.29. The van der Waals surface area contributed by atoms with Crippen LogP contribution in [0.15, 0.2) is 36.4 Å². The smallest absolute Gasteiger partial charge is 0.0416 e. The van der Waals surface area contributed by atoms with Gasteiger partial charge in [0.05, 0.1) is 0 Å². The molecule has 0 spiro atoms. The van der Waals surface area contributed by atoms with Crippen molar-refractivity contribution in [2.45, 2.75) is 53.4 Å². The molecule has 0 aliphatic rings. The van der Waals surface area contributed by atoms with Gasteiger partial charge >= 0.3 is 0 Å². The molecule has 2 aromatic rings. The summed E-state index contributed by atoms with van der Waals surface area (Å²) in [4.78, 5) is 0. The predicted molar refractivity (Wildman–Crippen MR) is 93.8 cm³/mol. The van der Waals surface area contributed by atoms with Gasteiger partial charge in [0.2, 0.25) is 0 Å². The molecular formula is C20H27N. The normalized spacial score (nSPS) is 11.2. The molecule has 0 saturated carbocycles. The van der Waals surface area contributed by atoms with E-state index in [4.69, 9.17) is 0 Å².